The number of carbonyl (C=O) groups excluding carboxylic acids is 1. The quantitative estimate of drug-likeness (QED) is 0.212. The van der Waals surface area contributed by atoms with Crippen LogP contribution in [0.5, 0.6) is 11.5 Å². The van der Waals surface area contributed by atoms with Crippen LogP contribution in [0.4, 0.5) is 28.7 Å². The third-order valence-electron chi connectivity index (χ3n) is 4.66. The fourth-order valence-corrected chi connectivity index (χ4v) is 3.21. The Bertz CT molecular complexity index is 1220. The number of nitro groups is 1. The number of ether oxygens (including phenoxy) is 3. The molecule has 3 rings (SSSR count). The van der Waals surface area contributed by atoms with Crippen LogP contribution in [-0.2, 0) is 4.74 Å². The Labute approximate surface area is 206 Å². The molecule has 1 aromatic heterocycles. The molecule has 3 aromatic rings. The van der Waals surface area contributed by atoms with Crippen molar-refractivity contribution in [3.05, 3.63) is 63.4 Å². The average molecular weight is 502 g/mol. The summed E-state index contributed by atoms with van der Waals surface area (Å²) >= 11 is 6.20. The van der Waals surface area contributed by atoms with Crippen molar-refractivity contribution in [1.29, 1.82) is 0 Å². The lowest BCUT2D eigenvalue weighted by Crippen LogP contribution is -2.10. The summed E-state index contributed by atoms with van der Waals surface area (Å²) in [7, 11) is 2.90. The van der Waals surface area contributed by atoms with Gasteiger partial charge in [0.05, 0.1) is 42.0 Å². The number of benzene rings is 2. The van der Waals surface area contributed by atoms with Gasteiger partial charge in [-0.2, -0.15) is 0 Å². The predicted octanol–water partition coefficient (Wildman–Crippen LogP) is 5.36. The minimum absolute atomic E-state index is 0.0544. The summed E-state index contributed by atoms with van der Waals surface area (Å²) < 4.78 is 15.7. The van der Waals surface area contributed by atoms with Crippen LogP contribution < -0.4 is 20.1 Å². The Morgan fingerprint density at radius 3 is 2.26 bits per heavy atom. The molecule has 184 valence electrons. The lowest BCUT2D eigenvalue weighted by atomic mass is 10.2. The van der Waals surface area contributed by atoms with Crippen LogP contribution in [0.2, 0.25) is 5.02 Å². The van der Waals surface area contributed by atoms with Gasteiger partial charge in [0.15, 0.2) is 0 Å². The normalized spacial score (nSPS) is 10.6. The zero-order valence-corrected chi connectivity index (χ0v) is 20.3. The van der Waals surface area contributed by atoms with Gasteiger partial charge in [-0.25, -0.2) is 14.8 Å². The van der Waals surface area contributed by atoms with Crippen molar-refractivity contribution in [2.45, 2.75) is 13.8 Å². The molecule has 0 aliphatic heterocycles. The molecule has 0 bridgehead atoms. The number of aromatic nitrogens is 2. The zero-order chi connectivity index (χ0) is 25.5. The first-order chi connectivity index (χ1) is 16.7. The number of nitrogens with zero attached hydrogens (tertiary/aromatic N) is 3. The molecule has 0 saturated heterocycles. The second kappa shape index (κ2) is 11.3. The predicted molar refractivity (Wildman–Crippen MR) is 131 cm³/mol. The second-order valence-corrected chi connectivity index (χ2v) is 8.09. The average Bonchev–Trinajstić information content (AvgIpc) is 2.83. The molecule has 12 heteroatoms. The van der Waals surface area contributed by atoms with Gasteiger partial charge >= 0.3 is 11.7 Å². The van der Waals surface area contributed by atoms with Gasteiger partial charge in [-0.05, 0) is 36.2 Å². The maximum atomic E-state index is 12.1. The molecule has 0 radical (unpaired) electrons. The molecule has 0 aliphatic carbocycles. The number of halogens is 1. The first kappa shape index (κ1) is 25.5. The highest BCUT2D eigenvalue weighted by Crippen LogP contribution is 2.39. The molecule has 0 fully saturated rings. The summed E-state index contributed by atoms with van der Waals surface area (Å²) in [6, 6.07) is 9.36. The Morgan fingerprint density at radius 2 is 1.69 bits per heavy atom. The van der Waals surface area contributed by atoms with Crippen LogP contribution in [0, 0.1) is 16.0 Å². The fraction of sp³-hybridized carbons (Fsp3) is 0.261. The number of carbonyl (C=O) groups is 1. The molecular formula is C23H24ClN5O6. The number of hydrogen-bond acceptors (Lipinski definition) is 10. The first-order valence-electron chi connectivity index (χ1n) is 10.5. The number of esters is 1. The number of methoxy groups -OCH3 is 2. The molecule has 0 unspecified atom stereocenters. The van der Waals surface area contributed by atoms with E-state index in [1.54, 1.807) is 30.3 Å². The third kappa shape index (κ3) is 6.27. The smallest absolute Gasteiger partial charge is 0.353 e. The van der Waals surface area contributed by atoms with Crippen LogP contribution >= 0.6 is 11.6 Å². The standard InChI is InChI=1S/C23H24ClN5O6/c1-13(2)11-35-23(30)14-5-7-15(8-6-14)27-21-20(29(31)32)22(26-12-25-21)28-17-9-16(24)18(33-3)10-19(17)34-4/h5-10,12-13H,11H2,1-4H3,(H2,25,26,27,28). The largest absolute Gasteiger partial charge is 0.495 e. The number of nitrogens with one attached hydrogen (secondary N) is 2. The SMILES string of the molecule is COc1cc(OC)c(Nc2ncnc(Nc3ccc(C(=O)OCC(C)C)cc3)c2[N+](=O)[O-])cc1Cl. The van der Waals surface area contributed by atoms with Crippen LogP contribution in [0.25, 0.3) is 0 Å². The number of rotatable bonds is 10. The number of anilines is 4. The van der Waals surface area contributed by atoms with E-state index < -0.39 is 16.6 Å². The molecule has 0 aliphatic rings. The highest BCUT2D eigenvalue weighted by atomic mass is 35.5. The fourth-order valence-electron chi connectivity index (χ4n) is 2.97. The molecule has 2 N–H and O–H groups in total. The molecule has 11 nitrogen and oxygen atoms in total. The lowest BCUT2D eigenvalue weighted by molar-refractivity contribution is -0.383. The van der Waals surface area contributed by atoms with Gasteiger partial charge in [-0.15, -0.1) is 0 Å². The van der Waals surface area contributed by atoms with Crippen LogP contribution in [0.1, 0.15) is 24.2 Å². The van der Waals surface area contributed by atoms with Crippen LogP contribution in [0.3, 0.4) is 0 Å². The number of hydrogen-bond donors (Lipinski definition) is 2. The van der Waals surface area contributed by atoms with E-state index in [4.69, 9.17) is 25.8 Å². The van der Waals surface area contributed by atoms with Gasteiger partial charge in [0.2, 0.25) is 11.6 Å². The van der Waals surface area contributed by atoms with Gasteiger partial charge in [0.25, 0.3) is 0 Å². The summed E-state index contributed by atoms with van der Waals surface area (Å²) in [6.07, 6.45) is 1.17. The second-order valence-electron chi connectivity index (χ2n) is 7.68. The summed E-state index contributed by atoms with van der Waals surface area (Å²) in [5.74, 6) is 0.354. The van der Waals surface area contributed by atoms with E-state index in [0.29, 0.717) is 35.0 Å². The molecule has 0 spiro atoms. The Hall–Kier alpha value is -4.12. The minimum atomic E-state index is -0.611. The van der Waals surface area contributed by atoms with Crippen LogP contribution in [0.15, 0.2) is 42.7 Å². The van der Waals surface area contributed by atoms with Gasteiger partial charge in [-0.1, -0.05) is 25.4 Å². The lowest BCUT2D eigenvalue weighted by Gasteiger charge is -2.14. The summed E-state index contributed by atoms with van der Waals surface area (Å²) in [5, 5.41) is 18.0. The van der Waals surface area contributed by atoms with E-state index in [1.165, 1.54) is 26.6 Å². The third-order valence-corrected chi connectivity index (χ3v) is 4.96. The zero-order valence-electron chi connectivity index (χ0n) is 19.5. The van der Waals surface area contributed by atoms with E-state index in [1.807, 2.05) is 13.8 Å². The van der Waals surface area contributed by atoms with Crippen LogP contribution in [-0.4, -0.2) is 41.7 Å². The van der Waals surface area contributed by atoms with E-state index in [0.717, 1.165) is 0 Å². The van der Waals surface area contributed by atoms with E-state index in [2.05, 4.69) is 20.6 Å². The Balaban J connectivity index is 1.87. The highest BCUT2D eigenvalue weighted by Gasteiger charge is 2.25. The summed E-state index contributed by atoms with van der Waals surface area (Å²) in [6.45, 7) is 4.20. The monoisotopic (exact) mass is 501 g/mol. The van der Waals surface area contributed by atoms with Gasteiger partial charge < -0.3 is 24.8 Å². The van der Waals surface area contributed by atoms with E-state index in [-0.39, 0.29) is 22.6 Å². The van der Waals surface area contributed by atoms with Crippen molar-refractivity contribution in [2.75, 3.05) is 31.5 Å². The molecule has 35 heavy (non-hydrogen) atoms. The summed E-state index contributed by atoms with van der Waals surface area (Å²) in [4.78, 5) is 31.5. The Morgan fingerprint density at radius 1 is 1.06 bits per heavy atom. The molecule has 0 amide bonds. The first-order valence-corrected chi connectivity index (χ1v) is 10.8. The molecule has 1 heterocycles. The maximum Gasteiger partial charge on any atom is 0.353 e. The van der Waals surface area contributed by atoms with Crippen molar-refractivity contribution in [1.82, 2.24) is 9.97 Å². The van der Waals surface area contributed by atoms with Crippen molar-refractivity contribution >= 4 is 46.3 Å². The Kier molecular flexibility index (Phi) is 8.26. The highest BCUT2D eigenvalue weighted by molar-refractivity contribution is 6.32. The molecule has 0 saturated carbocycles. The summed E-state index contributed by atoms with van der Waals surface area (Å²) in [5.41, 5.74) is 0.777. The van der Waals surface area contributed by atoms with Crippen molar-refractivity contribution in [3.63, 3.8) is 0 Å². The van der Waals surface area contributed by atoms with Crippen molar-refractivity contribution in [2.24, 2.45) is 5.92 Å². The van der Waals surface area contributed by atoms with Crippen molar-refractivity contribution < 1.29 is 23.9 Å². The van der Waals surface area contributed by atoms with E-state index >= 15 is 0 Å². The van der Waals surface area contributed by atoms with E-state index in [9.17, 15) is 14.9 Å². The molecule has 0 atom stereocenters. The van der Waals surface area contributed by atoms with Gasteiger partial charge in [0.1, 0.15) is 17.8 Å². The maximum absolute atomic E-state index is 12.1. The van der Waals surface area contributed by atoms with Gasteiger partial charge in [0, 0.05) is 11.8 Å². The molecule has 2 aromatic carbocycles. The van der Waals surface area contributed by atoms with Crippen molar-refractivity contribution in [3.8, 4) is 11.5 Å². The molecular weight excluding hydrogens is 478 g/mol. The van der Waals surface area contributed by atoms with Gasteiger partial charge in [-0.3, -0.25) is 10.1 Å². The minimum Gasteiger partial charge on any atom is -0.495 e. The topological polar surface area (TPSA) is 138 Å².